The fourth-order valence-electron chi connectivity index (χ4n) is 1.79. The molecule has 2 aromatic heterocycles. The van der Waals surface area contributed by atoms with E-state index in [0.29, 0.717) is 5.56 Å². The van der Waals surface area contributed by atoms with Crippen LogP contribution in [-0.2, 0) is 11.6 Å². The van der Waals surface area contributed by atoms with Gasteiger partial charge in [0.1, 0.15) is 0 Å². The van der Waals surface area contributed by atoms with Crippen LogP contribution >= 0.6 is 0 Å². The average Bonchev–Trinajstić information content (AvgIpc) is 2.37. The third-order valence-corrected chi connectivity index (χ3v) is 2.80. The van der Waals surface area contributed by atoms with Crippen molar-refractivity contribution in [1.82, 2.24) is 15.0 Å². The number of aromatic nitrogens is 3. The van der Waals surface area contributed by atoms with Gasteiger partial charge in [0.25, 0.3) is 0 Å². The second-order valence-corrected chi connectivity index (χ2v) is 5.44. The molecule has 0 atom stereocenters. The van der Waals surface area contributed by atoms with Crippen LogP contribution in [0.25, 0.3) is 11.4 Å². The van der Waals surface area contributed by atoms with Gasteiger partial charge in [-0.25, -0.2) is 9.97 Å². The summed E-state index contributed by atoms with van der Waals surface area (Å²) in [4.78, 5) is 11.6. The second kappa shape index (κ2) is 4.85. The maximum atomic E-state index is 13.2. The number of hydrogen-bond acceptors (Lipinski definition) is 3. The summed E-state index contributed by atoms with van der Waals surface area (Å²) in [6.07, 6.45) is -0.272. The molecular formula is C14H14F3N3. The first kappa shape index (κ1) is 14.4. The molecule has 0 spiro atoms. The van der Waals surface area contributed by atoms with Crippen molar-refractivity contribution in [2.75, 3.05) is 0 Å². The summed E-state index contributed by atoms with van der Waals surface area (Å²) in [7, 11) is 0. The van der Waals surface area contributed by atoms with Gasteiger partial charge in [0.05, 0.1) is 0 Å². The van der Waals surface area contributed by atoms with Gasteiger partial charge in [-0.05, 0) is 17.5 Å². The number of nitrogens with zero attached hydrogens (tertiary/aromatic N) is 3. The molecule has 0 bridgehead atoms. The molecule has 0 radical (unpaired) electrons. The van der Waals surface area contributed by atoms with Crippen molar-refractivity contribution in [3.8, 4) is 11.4 Å². The molecule has 0 amide bonds. The van der Waals surface area contributed by atoms with Crippen molar-refractivity contribution in [3.63, 3.8) is 0 Å². The molecule has 2 rings (SSSR count). The minimum atomic E-state index is -4.51. The number of hydrogen-bond donors (Lipinski definition) is 0. The lowest BCUT2D eigenvalue weighted by atomic mass is 9.86. The molecule has 0 unspecified atom stereocenters. The van der Waals surface area contributed by atoms with Gasteiger partial charge in [0.15, 0.2) is 11.5 Å². The Kier molecular flexibility index (Phi) is 3.50. The molecule has 2 aromatic rings. The molecule has 0 aliphatic heterocycles. The Hall–Kier alpha value is -1.98. The first-order chi connectivity index (χ1) is 9.19. The van der Waals surface area contributed by atoms with Gasteiger partial charge < -0.3 is 0 Å². The molecule has 0 aliphatic carbocycles. The lowest BCUT2D eigenvalue weighted by Crippen LogP contribution is -2.22. The highest BCUT2D eigenvalue weighted by Gasteiger charge is 2.39. The standard InChI is InChI=1S/C14H14F3N3/c1-13(2,3)10-8-19-12(9-4-6-18-7-5-9)20-11(10)14(15,16)17/h4-8H,1-3H3. The average molecular weight is 281 g/mol. The summed E-state index contributed by atoms with van der Waals surface area (Å²) >= 11 is 0. The maximum absolute atomic E-state index is 13.2. The monoisotopic (exact) mass is 281 g/mol. The topological polar surface area (TPSA) is 38.7 Å². The summed E-state index contributed by atoms with van der Waals surface area (Å²) in [5.41, 5.74) is -0.970. The molecule has 0 aromatic carbocycles. The molecule has 0 fully saturated rings. The Balaban J connectivity index is 2.62. The lowest BCUT2D eigenvalue weighted by molar-refractivity contribution is -0.142. The zero-order chi connectivity index (χ0) is 15.0. The predicted octanol–water partition coefficient (Wildman–Crippen LogP) is 3.85. The lowest BCUT2D eigenvalue weighted by Gasteiger charge is -2.23. The van der Waals surface area contributed by atoms with Crippen LogP contribution in [0.2, 0.25) is 0 Å². The van der Waals surface area contributed by atoms with Gasteiger partial charge in [-0.3, -0.25) is 4.98 Å². The van der Waals surface area contributed by atoms with Crippen molar-refractivity contribution >= 4 is 0 Å². The van der Waals surface area contributed by atoms with Gasteiger partial charge >= 0.3 is 6.18 Å². The minimum absolute atomic E-state index is 0.0488. The predicted molar refractivity (Wildman–Crippen MR) is 69.0 cm³/mol. The van der Waals surface area contributed by atoms with Crippen LogP contribution in [0, 0.1) is 0 Å². The third-order valence-electron chi connectivity index (χ3n) is 2.80. The summed E-state index contributed by atoms with van der Waals surface area (Å²) in [6, 6.07) is 3.15. The second-order valence-electron chi connectivity index (χ2n) is 5.44. The van der Waals surface area contributed by atoms with Crippen LogP contribution < -0.4 is 0 Å². The molecule has 0 aliphatic rings. The highest BCUT2D eigenvalue weighted by Crippen LogP contribution is 2.36. The normalized spacial score (nSPS) is 12.5. The summed E-state index contributed by atoms with van der Waals surface area (Å²) in [5.74, 6) is 0.0488. The van der Waals surface area contributed by atoms with Crippen LogP contribution in [0.3, 0.4) is 0 Å². The minimum Gasteiger partial charge on any atom is -0.265 e. The van der Waals surface area contributed by atoms with Crippen LogP contribution in [0.15, 0.2) is 30.7 Å². The van der Waals surface area contributed by atoms with Crippen molar-refractivity contribution in [3.05, 3.63) is 42.0 Å². The largest absolute Gasteiger partial charge is 0.433 e. The highest BCUT2D eigenvalue weighted by atomic mass is 19.4. The molecule has 0 N–H and O–H groups in total. The fourth-order valence-corrected chi connectivity index (χ4v) is 1.79. The third kappa shape index (κ3) is 2.95. The number of rotatable bonds is 1. The molecular weight excluding hydrogens is 267 g/mol. The maximum Gasteiger partial charge on any atom is 0.433 e. The Morgan fingerprint density at radius 2 is 1.60 bits per heavy atom. The van der Waals surface area contributed by atoms with E-state index < -0.39 is 17.3 Å². The van der Waals surface area contributed by atoms with Crippen LogP contribution in [-0.4, -0.2) is 15.0 Å². The zero-order valence-corrected chi connectivity index (χ0v) is 11.4. The van der Waals surface area contributed by atoms with E-state index in [9.17, 15) is 13.2 Å². The fraction of sp³-hybridized carbons (Fsp3) is 0.357. The van der Waals surface area contributed by atoms with E-state index in [4.69, 9.17) is 0 Å². The van der Waals surface area contributed by atoms with Gasteiger partial charge in [-0.15, -0.1) is 0 Å². The van der Waals surface area contributed by atoms with E-state index in [2.05, 4.69) is 15.0 Å². The van der Waals surface area contributed by atoms with E-state index in [1.165, 1.54) is 18.6 Å². The molecule has 3 nitrogen and oxygen atoms in total. The summed E-state index contributed by atoms with van der Waals surface area (Å²) in [6.45, 7) is 5.10. The van der Waals surface area contributed by atoms with E-state index in [1.807, 2.05) is 0 Å². The quantitative estimate of drug-likeness (QED) is 0.796. The Morgan fingerprint density at radius 3 is 2.10 bits per heavy atom. The summed E-state index contributed by atoms with van der Waals surface area (Å²) < 4.78 is 39.5. The van der Waals surface area contributed by atoms with Crippen LogP contribution in [0.1, 0.15) is 32.0 Å². The van der Waals surface area contributed by atoms with Crippen molar-refractivity contribution in [2.45, 2.75) is 32.4 Å². The molecule has 0 saturated heterocycles. The first-order valence-corrected chi connectivity index (χ1v) is 6.05. The van der Waals surface area contributed by atoms with Crippen LogP contribution in [0.5, 0.6) is 0 Å². The van der Waals surface area contributed by atoms with E-state index in [-0.39, 0.29) is 11.4 Å². The van der Waals surface area contributed by atoms with Gasteiger partial charge in [-0.2, -0.15) is 13.2 Å². The van der Waals surface area contributed by atoms with E-state index in [1.54, 1.807) is 32.9 Å². The highest BCUT2D eigenvalue weighted by molar-refractivity contribution is 5.54. The Bertz CT molecular complexity index is 601. The Labute approximate surface area is 114 Å². The SMILES string of the molecule is CC(C)(C)c1cnc(-c2ccncc2)nc1C(F)(F)F. The molecule has 6 heteroatoms. The molecule has 2 heterocycles. The summed E-state index contributed by atoms with van der Waals surface area (Å²) in [5, 5.41) is 0. The van der Waals surface area contributed by atoms with Crippen molar-refractivity contribution in [1.29, 1.82) is 0 Å². The number of alkyl halides is 3. The van der Waals surface area contributed by atoms with Gasteiger partial charge in [0, 0.05) is 29.7 Å². The van der Waals surface area contributed by atoms with Crippen molar-refractivity contribution in [2.24, 2.45) is 0 Å². The smallest absolute Gasteiger partial charge is 0.265 e. The number of halogens is 3. The molecule has 0 saturated carbocycles. The number of pyridine rings is 1. The molecule has 20 heavy (non-hydrogen) atoms. The van der Waals surface area contributed by atoms with Gasteiger partial charge in [-0.1, -0.05) is 20.8 Å². The van der Waals surface area contributed by atoms with E-state index >= 15 is 0 Å². The Morgan fingerprint density at radius 1 is 1.00 bits per heavy atom. The first-order valence-electron chi connectivity index (χ1n) is 6.05. The zero-order valence-electron chi connectivity index (χ0n) is 11.4. The van der Waals surface area contributed by atoms with Gasteiger partial charge in [0.2, 0.25) is 0 Å². The van der Waals surface area contributed by atoms with E-state index in [0.717, 1.165) is 0 Å². The van der Waals surface area contributed by atoms with Crippen LogP contribution in [0.4, 0.5) is 13.2 Å². The van der Waals surface area contributed by atoms with Crippen molar-refractivity contribution < 1.29 is 13.2 Å². The molecule has 106 valence electrons.